The van der Waals surface area contributed by atoms with Gasteiger partial charge in [0.05, 0.1) is 24.2 Å². The molecular formula is C41H61BN4O8. The lowest BCUT2D eigenvalue weighted by Gasteiger charge is -2.64. The van der Waals surface area contributed by atoms with Crippen molar-refractivity contribution in [2.75, 3.05) is 6.54 Å². The maximum Gasteiger partial charge on any atom is 0.481 e. The van der Waals surface area contributed by atoms with Crippen molar-refractivity contribution < 1.29 is 38.0 Å². The molecule has 0 spiro atoms. The van der Waals surface area contributed by atoms with Gasteiger partial charge in [-0.3, -0.25) is 14.5 Å². The Kier molecular flexibility index (Phi) is 11.0. The summed E-state index contributed by atoms with van der Waals surface area (Å²) >= 11 is 0. The van der Waals surface area contributed by atoms with Crippen molar-refractivity contribution >= 4 is 31.1 Å². The molecule has 296 valence electrons. The summed E-state index contributed by atoms with van der Waals surface area (Å²) in [6, 6.07) is 6.10. The van der Waals surface area contributed by atoms with Crippen LogP contribution in [-0.4, -0.2) is 88.9 Å². The number of ether oxygens (including phenoxy) is 2. The van der Waals surface area contributed by atoms with Gasteiger partial charge in [0.2, 0.25) is 11.8 Å². The first-order chi connectivity index (χ1) is 25.6. The molecule has 1 aromatic carbocycles. The molecule has 4 heterocycles. The summed E-state index contributed by atoms with van der Waals surface area (Å²) in [4.78, 5) is 58.8. The van der Waals surface area contributed by atoms with Crippen molar-refractivity contribution in [2.24, 2.45) is 17.3 Å². The van der Waals surface area contributed by atoms with Gasteiger partial charge in [0, 0.05) is 19.5 Å². The lowest BCUT2D eigenvalue weighted by atomic mass is 9.43. The third kappa shape index (κ3) is 7.99. The van der Waals surface area contributed by atoms with Crippen LogP contribution in [0.2, 0.25) is 0 Å². The van der Waals surface area contributed by atoms with E-state index in [2.05, 4.69) is 31.4 Å². The van der Waals surface area contributed by atoms with Crippen LogP contribution in [0.1, 0.15) is 130 Å². The molecule has 6 fully saturated rings. The van der Waals surface area contributed by atoms with Gasteiger partial charge in [-0.05, 0) is 81.8 Å². The van der Waals surface area contributed by atoms with Crippen LogP contribution in [0, 0.1) is 17.3 Å². The molecule has 3 saturated carbocycles. The highest BCUT2D eigenvalue weighted by atomic mass is 16.7. The molecule has 7 aliphatic rings. The number of nitrogens with one attached hydrogen (secondary N) is 2. The number of carbonyl (C=O) groups is 4. The standard InChI is InChI=1S/C41H61BN4O8/c1-39(2,3)52-37(49)43-30-18-12-10-8-7-9-11-13-19-34(42-53-33-21-28-20-32(40(28,4)5)41(33,6)54-42)44-35(47)31-22-29(25-46(31)36(30)48)51-38(50)45-23-26-16-14-15-17-27(26)24-45/h14-17,28-34H,7-13,18-25H2,1-6H3,(H,43,49)(H,44,47)/t28-,29+,30-,31-,32+,33+,34-,41-/m0/s1. The minimum absolute atomic E-state index is 0.0266. The molecule has 0 unspecified atom stereocenters. The van der Waals surface area contributed by atoms with Gasteiger partial charge in [0.25, 0.3) is 0 Å². The maximum atomic E-state index is 14.5. The van der Waals surface area contributed by atoms with E-state index in [9.17, 15) is 19.2 Å². The highest BCUT2D eigenvalue weighted by Crippen LogP contribution is 2.65. The second-order valence-corrected chi connectivity index (χ2v) is 18.6. The Hall–Kier alpha value is -3.32. The topological polar surface area (TPSA) is 136 Å². The molecule has 1 aromatic rings. The largest absolute Gasteiger partial charge is 0.481 e. The Morgan fingerprint density at radius 3 is 2.22 bits per heavy atom. The third-order valence-electron chi connectivity index (χ3n) is 13.3. The van der Waals surface area contributed by atoms with Gasteiger partial charge in [-0.1, -0.05) is 83.1 Å². The SMILES string of the molecule is CC(C)(C)OC(=O)N[C@H]1CCCCCCCCC[C@@H](B2O[C@@H]3C[C@@H]4C[C@H](C4(C)C)[C@]3(C)O2)NC(=O)[C@@H]2C[C@@H](OC(=O)N3Cc4ccccc4C3)CN2C1=O. The summed E-state index contributed by atoms with van der Waals surface area (Å²) in [7, 11) is -0.601. The predicted molar refractivity (Wildman–Crippen MR) is 203 cm³/mol. The number of carbonyl (C=O) groups excluding carboxylic acids is 4. The minimum atomic E-state index is -0.921. The van der Waals surface area contributed by atoms with E-state index in [1.807, 2.05) is 24.3 Å². The molecule has 0 aromatic heterocycles. The van der Waals surface area contributed by atoms with Crippen molar-refractivity contribution in [3.05, 3.63) is 35.4 Å². The zero-order chi connectivity index (χ0) is 38.4. The highest BCUT2D eigenvalue weighted by molar-refractivity contribution is 6.48. The second kappa shape index (κ2) is 15.3. The normalized spacial score (nSPS) is 34.3. The van der Waals surface area contributed by atoms with Crippen molar-refractivity contribution in [3.63, 3.8) is 0 Å². The molecule has 2 N–H and O–H groups in total. The maximum absolute atomic E-state index is 14.5. The number of fused-ring (bicyclic) bond motifs is 2. The number of rotatable bonds is 3. The molecule has 3 aliphatic carbocycles. The predicted octanol–water partition coefficient (Wildman–Crippen LogP) is 6.28. The van der Waals surface area contributed by atoms with Crippen LogP contribution in [-0.2, 0) is 41.5 Å². The van der Waals surface area contributed by atoms with E-state index in [1.165, 1.54) is 4.90 Å². The fourth-order valence-corrected chi connectivity index (χ4v) is 10.2. The number of alkyl carbamates (subject to hydrolysis) is 1. The molecule has 8 rings (SSSR count). The van der Waals surface area contributed by atoms with Crippen LogP contribution >= 0.6 is 0 Å². The lowest BCUT2D eigenvalue weighted by molar-refractivity contribution is -0.199. The summed E-state index contributed by atoms with van der Waals surface area (Å²) in [5, 5.41) is 6.12. The average Bonchev–Trinajstić information content (AvgIpc) is 3.83. The Morgan fingerprint density at radius 2 is 1.57 bits per heavy atom. The monoisotopic (exact) mass is 748 g/mol. The highest BCUT2D eigenvalue weighted by Gasteiger charge is 2.68. The van der Waals surface area contributed by atoms with Crippen LogP contribution in [0.4, 0.5) is 9.59 Å². The van der Waals surface area contributed by atoms with Gasteiger partial charge in [-0.15, -0.1) is 0 Å². The van der Waals surface area contributed by atoms with Gasteiger partial charge in [-0.2, -0.15) is 0 Å². The first-order valence-electron chi connectivity index (χ1n) is 20.6. The van der Waals surface area contributed by atoms with E-state index in [4.69, 9.17) is 18.8 Å². The summed E-state index contributed by atoms with van der Waals surface area (Å²) in [6.45, 7) is 13.1. The van der Waals surface area contributed by atoms with E-state index < -0.39 is 54.6 Å². The van der Waals surface area contributed by atoms with E-state index >= 15 is 0 Å². The lowest BCUT2D eigenvalue weighted by Crippen LogP contribution is -2.65. The fourth-order valence-electron chi connectivity index (χ4n) is 10.2. The Balaban J connectivity index is 1.12. The summed E-state index contributed by atoms with van der Waals surface area (Å²) in [5.74, 6) is -0.141. The molecule has 2 bridgehead atoms. The van der Waals surface area contributed by atoms with Crippen LogP contribution in [0.25, 0.3) is 0 Å². The summed E-state index contributed by atoms with van der Waals surface area (Å²) in [5.41, 5.74) is 1.17. The van der Waals surface area contributed by atoms with Gasteiger partial charge in [-0.25, -0.2) is 9.59 Å². The Labute approximate surface area is 321 Å². The van der Waals surface area contributed by atoms with Gasteiger partial charge < -0.3 is 34.3 Å². The Bertz CT molecular complexity index is 1560. The number of benzene rings is 1. The van der Waals surface area contributed by atoms with Gasteiger partial charge in [0.1, 0.15) is 23.8 Å². The molecule has 4 aliphatic heterocycles. The van der Waals surface area contributed by atoms with E-state index in [-0.39, 0.29) is 36.3 Å². The first kappa shape index (κ1) is 38.9. The molecule has 3 saturated heterocycles. The number of hydrogen-bond donors (Lipinski definition) is 2. The van der Waals surface area contributed by atoms with Gasteiger partial charge >= 0.3 is 19.3 Å². The molecule has 4 amide bonds. The molecule has 12 nitrogen and oxygen atoms in total. The quantitative estimate of drug-likeness (QED) is 0.345. The van der Waals surface area contributed by atoms with Crippen molar-refractivity contribution in [2.45, 2.75) is 173 Å². The first-order valence-corrected chi connectivity index (χ1v) is 20.6. The molecule has 13 heteroatoms. The number of hydrogen-bond acceptors (Lipinski definition) is 8. The molecular weight excluding hydrogens is 687 g/mol. The fraction of sp³-hybridized carbons (Fsp3) is 0.756. The number of nitrogens with zero attached hydrogens (tertiary/aromatic N) is 2. The van der Waals surface area contributed by atoms with E-state index in [0.29, 0.717) is 37.8 Å². The van der Waals surface area contributed by atoms with Crippen molar-refractivity contribution in [1.82, 2.24) is 20.4 Å². The van der Waals surface area contributed by atoms with Gasteiger partial charge in [0.15, 0.2) is 0 Å². The minimum Gasteiger partial charge on any atom is -0.444 e. The van der Waals surface area contributed by atoms with E-state index in [1.54, 1.807) is 25.7 Å². The summed E-state index contributed by atoms with van der Waals surface area (Å²) in [6.07, 6.45) is 8.22. The zero-order valence-corrected chi connectivity index (χ0v) is 33.2. The average molecular weight is 749 g/mol. The van der Waals surface area contributed by atoms with Crippen LogP contribution in [0.15, 0.2) is 24.3 Å². The third-order valence-corrected chi connectivity index (χ3v) is 13.3. The number of amides is 4. The molecule has 0 radical (unpaired) electrons. The van der Waals surface area contributed by atoms with Crippen molar-refractivity contribution in [1.29, 1.82) is 0 Å². The van der Waals surface area contributed by atoms with Crippen LogP contribution in [0.3, 0.4) is 0 Å². The van der Waals surface area contributed by atoms with Crippen molar-refractivity contribution in [3.8, 4) is 0 Å². The van der Waals surface area contributed by atoms with Crippen LogP contribution < -0.4 is 10.6 Å². The van der Waals surface area contributed by atoms with Crippen LogP contribution in [0.5, 0.6) is 0 Å². The molecule has 8 atom stereocenters. The smallest absolute Gasteiger partial charge is 0.444 e. The van der Waals surface area contributed by atoms with E-state index in [0.717, 1.165) is 68.9 Å². The second-order valence-electron chi connectivity index (χ2n) is 18.6. The zero-order valence-electron chi connectivity index (χ0n) is 33.2. The Morgan fingerprint density at radius 1 is 0.926 bits per heavy atom. The molecule has 54 heavy (non-hydrogen) atoms. The summed E-state index contributed by atoms with van der Waals surface area (Å²) < 4.78 is 25.2.